The fourth-order valence-corrected chi connectivity index (χ4v) is 1.62. The lowest BCUT2D eigenvalue weighted by Crippen LogP contribution is -2.30. The highest BCUT2D eigenvalue weighted by molar-refractivity contribution is 6.07. The van der Waals surface area contributed by atoms with E-state index in [0.29, 0.717) is 11.6 Å². The maximum Gasteiger partial charge on any atom is 0.0628 e. The van der Waals surface area contributed by atoms with Crippen molar-refractivity contribution in [3.8, 4) is 0 Å². The third-order valence-corrected chi connectivity index (χ3v) is 3.02. The van der Waals surface area contributed by atoms with Gasteiger partial charge in [0.25, 0.3) is 0 Å². The number of hydrogen-bond acceptors (Lipinski definition) is 4. The van der Waals surface area contributed by atoms with Crippen molar-refractivity contribution in [1.82, 2.24) is 10.4 Å². The molecule has 0 aliphatic rings. The Balaban J connectivity index is 2.95. The molecule has 4 N–H and O–H groups in total. The van der Waals surface area contributed by atoms with Gasteiger partial charge in [-0.05, 0) is 37.5 Å². The van der Waals surface area contributed by atoms with Crippen LogP contribution in [0.15, 0.2) is 30.5 Å². The van der Waals surface area contributed by atoms with Crippen molar-refractivity contribution in [2.45, 2.75) is 39.2 Å². The molecular weight excluding hydrogens is 224 g/mol. The quantitative estimate of drug-likeness (QED) is 0.410. The number of hydrazine groups is 1. The molecule has 0 saturated carbocycles. The van der Waals surface area contributed by atoms with E-state index in [4.69, 9.17) is 11.3 Å². The van der Waals surface area contributed by atoms with Crippen molar-refractivity contribution in [1.29, 1.82) is 5.41 Å². The zero-order valence-corrected chi connectivity index (χ0v) is 11.3. The van der Waals surface area contributed by atoms with E-state index < -0.39 is 0 Å². The van der Waals surface area contributed by atoms with E-state index in [2.05, 4.69) is 24.3 Å². The summed E-state index contributed by atoms with van der Waals surface area (Å²) in [7, 11) is 0. The second kappa shape index (κ2) is 7.03. The van der Waals surface area contributed by atoms with Gasteiger partial charge < -0.3 is 5.41 Å². The number of nitrogens with two attached hydrogens (primary N) is 1. The highest BCUT2D eigenvalue weighted by Gasteiger charge is 2.12. The lowest BCUT2D eigenvalue weighted by Gasteiger charge is -2.13. The fraction of sp³-hybridized carbons (Fsp3) is 0.429. The van der Waals surface area contributed by atoms with E-state index in [1.54, 1.807) is 12.3 Å². The maximum absolute atomic E-state index is 8.11. The van der Waals surface area contributed by atoms with Crippen LogP contribution < -0.4 is 11.3 Å². The van der Waals surface area contributed by atoms with Crippen LogP contribution in [0, 0.1) is 5.41 Å². The van der Waals surface area contributed by atoms with Crippen LogP contribution in [0.1, 0.15) is 44.4 Å². The highest BCUT2D eigenvalue weighted by atomic mass is 15.2. The molecule has 1 aromatic heterocycles. The first-order chi connectivity index (χ1) is 8.60. The summed E-state index contributed by atoms with van der Waals surface area (Å²) >= 11 is 0. The first-order valence-corrected chi connectivity index (χ1v) is 6.28. The standard InChI is InChI=1S/C14H22N4/c1-4-10(2)14-12(6-5-9-17-14)13(15)8-7-11(3)18-16/h5-11,15,18H,4,16H2,1-3H3/b8-7-,15-13?. The zero-order valence-electron chi connectivity index (χ0n) is 11.3. The summed E-state index contributed by atoms with van der Waals surface area (Å²) < 4.78 is 0. The van der Waals surface area contributed by atoms with E-state index in [1.807, 2.05) is 25.1 Å². The van der Waals surface area contributed by atoms with Gasteiger partial charge >= 0.3 is 0 Å². The fourth-order valence-electron chi connectivity index (χ4n) is 1.62. The molecule has 4 nitrogen and oxygen atoms in total. The third-order valence-electron chi connectivity index (χ3n) is 3.02. The minimum atomic E-state index is 0.0501. The summed E-state index contributed by atoms with van der Waals surface area (Å²) in [5.41, 5.74) is 4.98. The molecule has 1 aromatic rings. The number of nitrogens with one attached hydrogen (secondary N) is 2. The molecule has 2 unspecified atom stereocenters. The average Bonchev–Trinajstić information content (AvgIpc) is 2.43. The van der Waals surface area contributed by atoms with Crippen molar-refractivity contribution in [3.05, 3.63) is 41.7 Å². The lowest BCUT2D eigenvalue weighted by atomic mass is 9.96. The molecule has 0 radical (unpaired) electrons. The molecule has 4 heteroatoms. The van der Waals surface area contributed by atoms with Gasteiger partial charge in [0.05, 0.1) is 11.4 Å². The predicted octanol–water partition coefficient (Wildman–Crippen LogP) is 2.37. The number of nitrogens with zero attached hydrogens (tertiary/aromatic N) is 1. The van der Waals surface area contributed by atoms with Gasteiger partial charge in [-0.1, -0.05) is 19.9 Å². The highest BCUT2D eigenvalue weighted by Crippen LogP contribution is 2.20. The van der Waals surface area contributed by atoms with Crippen molar-refractivity contribution < 1.29 is 0 Å². The number of rotatable bonds is 6. The number of aromatic nitrogens is 1. The zero-order chi connectivity index (χ0) is 13.5. The van der Waals surface area contributed by atoms with E-state index in [1.165, 1.54) is 0 Å². The van der Waals surface area contributed by atoms with E-state index in [9.17, 15) is 0 Å². The molecule has 0 amide bonds. The van der Waals surface area contributed by atoms with Gasteiger partial charge in [-0.2, -0.15) is 0 Å². The molecule has 1 heterocycles. The van der Waals surface area contributed by atoms with Crippen molar-refractivity contribution in [2.75, 3.05) is 0 Å². The van der Waals surface area contributed by atoms with Crippen LogP contribution >= 0.6 is 0 Å². The van der Waals surface area contributed by atoms with Crippen molar-refractivity contribution >= 4 is 5.71 Å². The molecular formula is C14H22N4. The van der Waals surface area contributed by atoms with Gasteiger partial charge in [-0.15, -0.1) is 0 Å². The normalized spacial score (nSPS) is 14.7. The number of hydrogen-bond donors (Lipinski definition) is 3. The summed E-state index contributed by atoms with van der Waals surface area (Å²) in [6, 6.07) is 3.87. The molecule has 2 atom stereocenters. The summed E-state index contributed by atoms with van der Waals surface area (Å²) in [6.07, 6.45) is 6.44. The van der Waals surface area contributed by atoms with E-state index in [-0.39, 0.29) is 6.04 Å². The van der Waals surface area contributed by atoms with Crippen molar-refractivity contribution in [3.63, 3.8) is 0 Å². The Kier molecular flexibility index (Phi) is 5.68. The summed E-state index contributed by atoms with van der Waals surface area (Å²) in [4.78, 5) is 4.40. The summed E-state index contributed by atoms with van der Waals surface area (Å²) in [6.45, 7) is 6.19. The minimum Gasteiger partial charge on any atom is -0.300 e. The van der Waals surface area contributed by atoms with Crippen LogP contribution in [0.4, 0.5) is 0 Å². The molecule has 0 bridgehead atoms. The Morgan fingerprint density at radius 1 is 1.56 bits per heavy atom. The van der Waals surface area contributed by atoms with Crippen LogP contribution in [0.2, 0.25) is 0 Å². The lowest BCUT2D eigenvalue weighted by molar-refractivity contribution is 0.669. The van der Waals surface area contributed by atoms with Crippen LogP contribution in [-0.2, 0) is 0 Å². The molecule has 18 heavy (non-hydrogen) atoms. The second-order valence-electron chi connectivity index (χ2n) is 4.47. The van der Waals surface area contributed by atoms with Crippen molar-refractivity contribution in [2.24, 2.45) is 5.84 Å². The van der Waals surface area contributed by atoms with Crippen LogP contribution in [0.25, 0.3) is 0 Å². The van der Waals surface area contributed by atoms with Gasteiger partial charge in [-0.3, -0.25) is 16.3 Å². The Labute approximate surface area is 109 Å². The maximum atomic E-state index is 8.11. The van der Waals surface area contributed by atoms with Crippen LogP contribution in [0.5, 0.6) is 0 Å². The second-order valence-corrected chi connectivity index (χ2v) is 4.47. The summed E-state index contributed by atoms with van der Waals surface area (Å²) in [5, 5.41) is 8.11. The smallest absolute Gasteiger partial charge is 0.0628 e. The van der Waals surface area contributed by atoms with Gasteiger partial charge in [0, 0.05) is 17.8 Å². The molecule has 0 fully saturated rings. The van der Waals surface area contributed by atoms with E-state index in [0.717, 1.165) is 17.7 Å². The van der Waals surface area contributed by atoms with Crippen LogP contribution in [-0.4, -0.2) is 16.7 Å². The first kappa shape index (κ1) is 14.5. The Bertz CT molecular complexity index is 426. The Morgan fingerprint density at radius 2 is 2.28 bits per heavy atom. The first-order valence-electron chi connectivity index (χ1n) is 6.28. The SMILES string of the molecule is CCC(C)c1ncccc1C(=N)/C=C\C(C)NN. The molecule has 0 aromatic carbocycles. The average molecular weight is 246 g/mol. The number of pyridine rings is 1. The molecule has 0 saturated heterocycles. The molecule has 0 spiro atoms. The monoisotopic (exact) mass is 246 g/mol. The van der Waals surface area contributed by atoms with E-state index >= 15 is 0 Å². The third kappa shape index (κ3) is 3.75. The van der Waals surface area contributed by atoms with Gasteiger partial charge in [0.2, 0.25) is 0 Å². The van der Waals surface area contributed by atoms with Gasteiger partial charge in [-0.25, -0.2) is 0 Å². The molecule has 0 aliphatic heterocycles. The molecule has 0 aliphatic carbocycles. The molecule has 1 rings (SSSR count). The minimum absolute atomic E-state index is 0.0501. The van der Waals surface area contributed by atoms with Gasteiger partial charge in [0.15, 0.2) is 0 Å². The predicted molar refractivity (Wildman–Crippen MR) is 75.7 cm³/mol. The largest absolute Gasteiger partial charge is 0.300 e. The Morgan fingerprint density at radius 3 is 2.89 bits per heavy atom. The summed E-state index contributed by atoms with van der Waals surface area (Å²) in [5.74, 6) is 5.67. The molecule has 98 valence electrons. The Hall–Kier alpha value is -1.52. The van der Waals surface area contributed by atoms with Crippen LogP contribution in [0.3, 0.4) is 0 Å². The number of allylic oxidation sites excluding steroid dienone is 1. The topological polar surface area (TPSA) is 74.8 Å². The van der Waals surface area contributed by atoms with Gasteiger partial charge in [0.1, 0.15) is 0 Å².